The highest BCUT2D eigenvalue weighted by molar-refractivity contribution is 5.98. The number of hydrogen-bond donors (Lipinski definition) is 1. The lowest BCUT2D eigenvalue weighted by Gasteiger charge is -2.22. The van der Waals surface area contributed by atoms with Crippen LogP contribution in [0, 0.1) is 5.41 Å². The zero-order valence-corrected chi connectivity index (χ0v) is 8.81. The Morgan fingerprint density at radius 2 is 2.00 bits per heavy atom. The lowest BCUT2D eigenvalue weighted by Crippen LogP contribution is -2.35. The maximum Gasteiger partial charge on any atom is 0.235 e. The van der Waals surface area contributed by atoms with Crippen LogP contribution in [0.15, 0.2) is 30.3 Å². The highest BCUT2D eigenvalue weighted by atomic mass is 16.3. The topological polar surface area (TPSA) is 40.5 Å². The van der Waals surface area contributed by atoms with Crippen molar-refractivity contribution in [3.05, 3.63) is 30.3 Å². The Labute approximate surface area is 89.3 Å². The third-order valence-electron chi connectivity index (χ3n) is 3.06. The van der Waals surface area contributed by atoms with E-state index >= 15 is 0 Å². The van der Waals surface area contributed by atoms with Crippen LogP contribution < -0.4 is 4.90 Å². The molecule has 1 saturated carbocycles. The Hall–Kier alpha value is -1.35. The summed E-state index contributed by atoms with van der Waals surface area (Å²) in [6.45, 7) is -0.0387. The molecule has 1 aromatic carbocycles. The molecule has 0 saturated heterocycles. The maximum absolute atomic E-state index is 12.0. The highest BCUT2D eigenvalue weighted by Gasteiger charge is 2.50. The summed E-state index contributed by atoms with van der Waals surface area (Å²) in [5, 5.41) is 9.18. The van der Waals surface area contributed by atoms with Crippen molar-refractivity contribution in [2.45, 2.75) is 12.8 Å². The van der Waals surface area contributed by atoms with E-state index in [1.165, 1.54) is 0 Å². The van der Waals surface area contributed by atoms with Crippen molar-refractivity contribution in [2.24, 2.45) is 5.41 Å². The predicted molar refractivity (Wildman–Crippen MR) is 58.6 cm³/mol. The number of carbonyl (C=O) groups is 1. The van der Waals surface area contributed by atoms with E-state index in [-0.39, 0.29) is 12.5 Å². The summed E-state index contributed by atoms with van der Waals surface area (Å²) < 4.78 is 0. The third kappa shape index (κ3) is 1.75. The van der Waals surface area contributed by atoms with Crippen LogP contribution in [0.25, 0.3) is 0 Å². The van der Waals surface area contributed by atoms with Gasteiger partial charge in [-0.1, -0.05) is 18.2 Å². The van der Waals surface area contributed by atoms with Crippen LogP contribution in [0.5, 0.6) is 0 Å². The fourth-order valence-corrected chi connectivity index (χ4v) is 1.72. The van der Waals surface area contributed by atoms with Gasteiger partial charge in [0.1, 0.15) is 0 Å². The van der Waals surface area contributed by atoms with Gasteiger partial charge in [0, 0.05) is 12.7 Å². The number of aliphatic hydroxyl groups is 1. The van der Waals surface area contributed by atoms with Crippen molar-refractivity contribution in [3.8, 4) is 0 Å². The quantitative estimate of drug-likeness (QED) is 0.810. The maximum atomic E-state index is 12.0. The standard InChI is InChI=1S/C12H15NO2/c1-13(10-5-3-2-4-6-10)11(15)12(9-14)7-8-12/h2-6,14H,7-9H2,1H3. The fraction of sp³-hybridized carbons (Fsp3) is 0.417. The van der Waals surface area contributed by atoms with E-state index in [2.05, 4.69) is 0 Å². The number of rotatable bonds is 3. The monoisotopic (exact) mass is 205 g/mol. The Bertz CT molecular complexity index is 357. The van der Waals surface area contributed by atoms with Gasteiger partial charge < -0.3 is 10.0 Å². The van der Waals surface area contributed by atoms with E-state index < -0.39 is 5.41 Å². The third-order valence-corrected chi connectivity index (χ3v) is 3.06. The molecule has 0 atom stereocenters. The number of carbonyl (C=O) groups excluding carboxylic acids is 1. The first-order valence-electron chi connectivity index (χ1n) is 5.14. The van der Waals surface area contributed by atoms with Gasteiger partial charge in [-0.15, -0.1) is 0 Å². The molecule has 2 rings (SSSR count). The molecule has 0 heterocycles. The van der Waals surface area contributed by atoms with Crippen LogP contribution in [0.2, 0.25) is 0 Å². The van der Waals surface area contributed by atoms with E-state index in [0.717, 1.165) is 18.5 Å². The molecule has 1 N–H and O–H groups in total. The SMILES string of the molecule is CN(C(=O)C1(CO)CC1)c1ccccc1. The van der Waals surface area contributed by atoms with Crippen LogP contribution in [0.3, 0.4) is 0 Å². The van der Waals surface area contributed by atoms with Crippen LogP contribution in [0.1, 0.15) is 12.8 Å². The molecule has 0 radical (unpaired) electrons. The second-order valence-electron chi connectivity index (χ2n) is 4.14. The van der Waals surface area contributed by atoms with Gasteiger partial charge >= 0.3 is 0 Å². The summed E-state index contributed by atoms with van der Waals surface area (Å²) in [5.74, 6) is 0.0243. The average Bonchev–Trinajstić information content (AvgIpc) is 3.09. The van der Waals surface area contributed by atoms with E-state index in [4.69, 9.17) is 0 Å². The molecular formula is C12H15NO2. The van der Waals surface area contributed by atoms with Gasteiger partial charge in [-0.05, 0) is 25.0 Å². The molecular weight excluding hydrogens is 190 g/mol. The summed E-state index contributed by atoms with van der Waals surface area (Å²) >= 11 is 0. The first kappa shape index (κ1) is 10.2. The molecule has 80 valence electrons. The summed E-state index contributed by atoms with van der Waals surface area (Å²) in [7, 11) is 1.76. The van der Waals surface area contributed by atoms with E-state index in [9.17, 15) is 9.90 Å². The van der Waals surface area contributed by atoms with Crippen LogP contribution in [-0.2, 0) is 4.79 Å². The second kappa shape index (κ2) is 3.66. The lowest BCUT2D eigenvalue weighted by atomic mass is 10.1. The molecule has 1 fully saturated rings. The molecule has 3 nitrogen and oxygen atoms in total. The van der Waals surface area contributed by atoms with E-state index in [1.54, 1.807) is 11.9 Å². The first-order chi connectivity index (χ1) is 7.19. The molecule has 1 aliphatic carbocycles. The van der Waals surface area contributed by atoms with E-state index in [1.807, 2.05) is 30.3 Å². The van der Waals surface area contributed by atoms with Gasteiger partial charge in [-0.25, -0.2) is 0 Å². The number of hydrogen-bond acceptors (Lipinski definition) is 2. The van der Waals surface area contributed by atoms with Gasteiger partial charge in [0.25, 0.3) is 0 Å². The van der Waals surface area contributed by atoms with Crippen molar-refractivity contribution >= 4 is 11.6 Å². The minimum atomic E-state index is -0.482. The number of benzene rings is 1. The normalized spacial score (nSPS) is 17.2. The molecule has 0 bridgehead atoms. The predicted octanol–water partition coefficient (Wildman–Crippen LogP) is 1.42. The van der Waals surface area contributed by atoms with Gasteiger partial charge in [0.05, 0.1) is 12.0 Å². The second-order valence-corrected chi connectivity index (χ2v) is 4.14. The zero-order chi connectivity index (χ0) is 10.9. The minimum Gasteiger partial charge on any atom is -0.395 e. The van der Waals surface area contributed by atoms with Crippen molar-refractivity contribution in [2.75, 3.05) is 18.6 Å². The summed E-state index contributed by atoms with van der Waals surface area (Å²) in [6.07, 6.45) is 1.61. The Morgan fingerprint density at radius 3 is 2.47 bits per heavy atom. The molecule has 15 heavy (non-hydrogen) atoms. The van der Waals surface area contributed by atoms with Crippen molar-refractivity contribution in [1.29, 1.82) is 0 Å². The van der Waals surface area contributed by atoms with Crippen LogP contribution >= 0.6 is 0 Å². The zero-order valence-electron chi connectivity index (χ0n) is 8.81. The van der Waals surface area contributed by atoms with Crippen molar-refractivity contribution in [3.63, 3.8) is 0 Å². The van der Waals surface area contributed by atoms with Gasteiger partial charge in [-0.2, -0.15) is 0 Å². The van der Waals surface area contributed by atoms with Crippen molar-refractivity contribution in [1.82, 2.24) is 0 Å². The number of aliphatic hydroxyl groups excluding tert-OH is 1. The fourth-order valence-electron chi connectivity index (χ4n) is 1.72. The molecule has 0 unspecified atom stereocenters. The van der Waals surface area contributed by atoms with Gasteiger partial charge in [0.2, 0.25) is 5.91 Å². The molecule has 0 spiro atoms. The molecule has 0 aromatic heterocycles. The molecule has 1 aliphatic rings. The van der Waals surface area contributed by atoms with Crippen LogP contribution in [0.4, 0.5) is 5.69 Å². The highest BCUT2D eigenvalue weighted by Crippen LogP contribution is 2.46. The number of nitrogens with zero attached hydrogens (tertiary/aromatic N) is 1. The number of para-hydroxylation sites is 1. The van der Waals surface area contributed by atoms with Gasteiger partial charge in [-0.3, -0.25) is 4.79 Å². The van der Waals surface area contributed by atoms with Crippen LogP contribution in [-0.4, -0.2) is 24.7 Å². The largest absolute Gasteiger partial charge is 0.395 e. The Morgan fingerprint density at radius 1 is 1.40 bits per heavy atom. The summed E-state index contributed by atoms with van der Waals surface area (Å²) in [4.78, 5) is 13.7. The smallest absolute Gasteiger partial charge is 0.235 e. The number of anilines is 1. The Balaban J connectivity index is 2.15. The lowest BCUT2D eigenvalue weighted by molar-refractivity contribution is -0.124. The molecule has 1 amide bonds. The molecule has 0 aliphatic heterocycles. The minimum absolute atomic E-state index is 0.0243. The Kier molecular flexibility index (Phi) is 2.49. The summed E-state index contributed by atoms with van der Waals surface area (Å²) in [6, 6.07) is 9.51. The average molecular weight is 205 g/mol. The van der Waals surface area contributed by atoms with Gasteiger partial charge in [0.15, 0.2) is 0 Å². The summed E-state index contributed by atoms with van der Waals surface area (Å²) in [5.41, 5.74) is 0.396. The molecule has 1 aromatic rings. The van der Waals surface area contributed by atoms with E-state index in [0.29, 0.717) is 0 Å². The number of amides is 1. The van der Waals surface area contributed by atoms with Crippen molar-refractivity contribution < 1.29 is 9.90 Å². The first-order valence-corrected chi connectivity index (χ1v) is 5.14. The molecule has 3 heteroatoms.